The lowest BCUT2D eigenvalue weighted by atomic mass is 10.1. The molecule has 73 heavy (non-hydrogen) atoms. The summed E-state index contributed by atoms with van der Waals surface area (Å²) < 4.78 is 16.8. The fourth-order valence-corrected chi connectivity index (χ4v) is 7.47. The second-order valence-corrected chi connectivity index (χ2v) is 18.8. The average molecular weight is 1010 g/mol. The number of allylic oxidation sites excluding steroid dienone is 24. The molecule has 0 spiro atoms. The van der Waals surface area contributed by atoms with Gasteiger partial charge < -0.3 is 14.2 Å². The molecule has 0 N–H and O–H groups in total. The molecule has 0 fully saturated rings. The molecular weight excluding hydrogens is 901 g/mol. The first-order chi connectivity index (χ1) is 36.0. The van der Waals surface area contributed by atoms with E-state index in [1.807, 2.05) is 0 Å². The summed E-state index contributed by atoms with van der Waals surface area (Å²) in [4.78, 5) is 38.2. The summed E-state index contributed by atoms with van der Waals surface area (Å²) in [7, 11) is 0. The number of esters is 3. The lowest BCUT2D eigenvalue weighted by molar-refractivity contribution is -0.167. The Labute approximate surface area is 448 Å². The first kappa shape index (κ1) is 68.3. The van der Waals surface area contributed by atoms with E-state index in [2.05, 4.69) is 167 Å². The Morgan fingerprint density at radius 2 is 0.534 bits per heavy atom. The van der Waals surface area contributed by atoms with Crippen molar-refractivity contribution in [2.45, 2.75) is 245 Å². The van der Waals surface area contributed by atoms with Crippen LogP contribution >= 0.6 is 0 Å². The van der Waals surface area contributed by atoms with Crippen molar-refractivity contribution in [3.8, 4) is 0 Å². The fraction of sp³-hybridized carbons (Fsp3) is 0.597. The molecule has 6 nitrogen and oxygen atoms in total. The van der Waals surface area contributed by atoms with Crippen molar-refractivity contribution >= 4 is 17.9 Å². The van der Waals surface area contributed by atoms with Crippen LogP contribution in [0.3, 0.4) is 0 Å². The van der Waals surface area contributed by atoms with Crippen LogP contribution in [0, 0.1) is 0 Å². The monoisotopic (exact) mass is 1010 g/mol. The van der Waals surface area contributed by atoms with Crippen LogP contribution in [0.25, 0.3) is 0 Å². The van der Waals surface area contributed by atoms with E-state index in [9.17, 15) is 14.4 Å². The minimum Gasteiger partial charge on any atom is -0.462 e. The van der Waals surface area contributed by atoms with Gasteiger partial charge in [0.25, 0.3) is 0 Å². The number of rotatable bonds is 51. The second-order valence-electron chi connectivity index (χ2n) is 18.8. The van der Waals surface area contributed by atoms with Gasteiger partial charge in [-0.25, -0.2) is 0 Å². The third-order valence-corrected chi connectivity index (χ3v) is 11.8. The number of unbranched alkanes of at least 4 members (excludes halogenated alkanes) is 16. The minimum atomic E-state index is -0.826. The summed E-state index contributed by atoms with van der Waals surface area (Å²) in [5.74, 6) is -1.01. The van der Waals surface area contributed by atoms with Crippen LogP contribution < -0.4 is 0 Å². The molecule has 0 bridgehead atoms. The van der Waals surface area contributed by atoms with Gasteiger partial charge in [0.15, 0.2) is 6.10 Å². The molecule has 0 rings (SSSR count). The Morgan fingerprint density at radius 1 is 0.288 bits per heavy atom. The van der Waals surface area contributed by atoms with Gasteiger partial charge >= 0.3 is 17.9 Å². The number of carbonyl (C=O) groups excluding carboxylic acids is 3. The maximum absolute atomic E-state index is 12.9. The minimum absolute atomic E-state index is 0.118. The summed E-state index contributed by atoms with van der Waals surface area (Å²) in [5.41, 5.74) is 0. The van der Waals surface area contributed by atoms with Crippen molar-refractivity contribution in [3.05, 3.63) is 146 Å². The number of hydrogen-bond donors (Lipinski definition) is 0. The second kappa shape index (κ2) is 59.8. The highest BCUT2D eigenvalue weighted by Gasteiger charge is 2.19. The van der Waals surface area contributed by atoms with Crippen LogP contribution in [0.4, 0.5) is 0 Å². The van der Waals surface area contributed by atoms with E-state index in [4.69, 9.17) is 14.2 Å². The lowest BCUT2D eigenvalue weighted by Gasteiger charge is -2.18. The van der Waals surface area contributed by atoms with E-state index in [-0.39, 0.29) is 44.0 Å². The fourth-order valence-electron chi connectivity index (χ4n) is 7.47. The molecule has 1 atom stereocenters. The Hall–Kier alpha value is -4.71. The maximum atomic E-state index is 12.9. The molecule has 1 unspecified atom stereocenters. The predicted octanol–water partition coefficient (Wildman–Crippen LogP) is 20.0. The van der Waals surface area contributed by atoms with Crippen LogP contribution in [0.5, 0.6) is 0 Å². The van der Waals surface area contributed by atoms with Gasteiger partial charge in [0.1, 0.15) is 13.2 Å². The number of ether oxygens (including phenoxy) is 3. The van der Waals surface area contributed by atoms with Gasteiger partial charge in [0.2, 0.25) is 0 Å². The smallest absolute Gasteiger partial charge is 0.306 e. The molecule has 6 heteroatoms. The van der Waals surface area contributed by atoms with E-state index in [0.717, 1.165) is 135 Å². The van der Waals surface area contributed by atoms with E-state index >= 15 is 0 Å². The molecule has 0 aromatic heterocycles. The van der Waals surface area contributed by atoms with Crippen LogP contribution in [-0.4, -0.2) is 37.2 Å². The first-order valence-corrected chi connectivity index (χ1v) is 29.3. The number of hydrogen-bond acceptors (Lipinski definition) is 6. The third-order valence-electron chi connectivity index (χ3n) is 11.8. The first-order valence-electron chi connectivity index (χ1n) is 29.3. The zero-order valence-corrected chi connectivity index (χ0v) is 46.8. The molecule has 0 aliphatic rings. The summed E-state index contributed by atoms with van der Waals surface area (Å²) in [6.07, 6.45) is 85.5. The zero-order chi connectivity index (χ0) is 52.9. The van der Waals surface area contributed by atoms with Gasteiger partial charge in [-0.2, -0.15) is 0 Å². The van der Waals surface area contributed by atoms with Gasteiger partial charge in [0.05, 0.1) is 0 Å². The molecule has 0 aliphatic carbocycles. The average Bonchev–Trinajstić information content (AvgIpc) is 3.39. The molecule has 0 saturated heterocycles. The van der Waals surface area contributed by atoms with Crippen molar-refractivity contribution in [1.29, 1.82) is 0 Å². The number of carbonyl (C=O) groups is 3. The van der Waals surface area contributed by atoms with E-state index in [1.54, 1.807) is 0 Å². The van der Waals surface area contributed by atoms with Crippen LogP contribution in [0.2, 0.25) is 0 Å². The van der Waals surface area contributed by atoms with Gasteiger partial charge in [-0.15, -0.1) is 0 Å². The van der Waals surface area contributed by atoms with Crippen LogP contribution in [0.15, 0.2) is 146 Å². The lowest BCUT2D eigenvalue weighted by Crippen LogP contribution is -2.30. The molecule has 0 heterocycles. The van der Waals surface area contributed by atoms with Crippen molar-refractivity contribution in [1.82, 2.24) is 0 Å². The Kier molecular flexibility index (Phi) is 56.0. The molecule has 0 radical (unpaired) electrons. The van der Waals surface area contributed by atoms with E-state index in [0.29, 0.717) is 19.3 Å². The summed E-state index contributed by atoms with van der Waals surface area (Å²) in [6, 6.07) is 0. The Morgan fingerprint density at radius 3 is 0.877 bits per heavy atom. The standard InChI is InChI=1S/C67H106O6/c1-4-7-10-13-16-19-22-25-28-30-32-33-35-36-39-42-45-48-51-54-57-60-66(69)72-63-64(62-71-65(68)59-56-53-50-47-44-41-38-27-24-21-18-15-12-9-6-3)73-67(70)61-58-55-52-49-46-43-40-37-34-31-29-26-23-20-17-14-11-8-5-2/h8-9,11-12,17-18,20-22,25-27,29-30,32,34-38,43-44,46-47,64H,4-7,10,13-16,19,23-24,28,31,33,39-42,45,48-63H2,1-3H3/b11-8-,12-9-,20-17-,21-18-,25-22-,29-26-,32-30-,36-35-,37-34-,38-27-,46-43-,47-44-. The van der Waals surface area contributed by atoms with Crippen molar-refractivity contribution in [2.24, 2.45) is 0 Å². The van der Waals surface area contributed by atoms with Gasteiger partial charge in [-0.1, -0.05) is 224 Å². The molecule has 0 aromatic rings. The maximum Gasteiger partial charge on any atom is 0.306 e. The van der Waals surface area contributed by atoms with Crippen molar-refractivity contribution in [3.63, 3.8) is 0 Å². The molecule has 410 valence electrons. The van der Waals surface area contributed by atoms with Gasteiger partial charge in [-0.05, 0) is 141 Å². The third kappa shape index (κ3) is 58.1. The van der Waals surface area contributed by atoms with Gasteiger partial charge in [-0.3, -0.25) is 14.4 Å². The predicted molar refractivity (Wildman–Crippen MR) is 315 cm³/mol. The Bertz CT molecular complexity index is 1630. The normalized spacial score (nSPS) is 13.2. The highest BCUT2D eigenvalue weighted by atomic mass is 16.6. The SMILES string of the molecule is CC/C=C\C/C=C\C/C=C\C/C=C\C/C=C\CCCCCC(=O)OC(COC(=O)CCCC/C=C\C/C=C\C/C=C\C/C=C\CC)COC(=O)CCCCCCCC/C=C\C/C=C\C/C=C\CCCCCCC. The van der Waals surface area contributed by atoms with Crippen molar-refractivity contribution < 1.29 is 28.6 Å². The topological polar surface area (TPSA) is 78.9 Å². The summed E-state index contributed by atoms with van der Waals surface area (Å²) in [6.45, 7) is 6.31. The van der Waals surface area contributed by atoms with Crippen LogP contribution in [0.1, 0.15) is 239 Å². The summed E-state index contributed by atoms with van der Waals surface area (Å²) in [5, 5.41) is 0. The summed E-state index contributed by atoms with van der Waals surface area (Å²) >= 11 is 0. The van der Waals surface area contributed by atoms with E-state index < -0.39 is 6.10 Å². The van der Waals surface area contributed by atoms with E-state index in [1.165, 1.54) is 51.4 Å². The van der Waals surface area contributed by atoms with Crippen molar-refractivity contribution in [2.75, 3.05) is 13.2 Å². The highest BCUT2D eigenvalue weighted by Crippen LogP contribution is 2.13. The molecule has 0 amide bonds. The molecule has 0 saturated carbocycles. The zero-order valence-electron chi connectivity index (χ0n) is 46.8. The highest BCUT2D eigenvalue weighted by molar-refractivity contribution is 5.71. The Balaban J connectivity index is 4.55. The van der Waals surface area contributed by atoms with Crippen LogP contribution in [-0.2, 0) is 28.6 Å². The molecule has 0 aliphatic heterocycles. The molecular formula is C67H106O6. The quantitative estimate of drug-likeness (QED) is 0.0261. The van der Waals surface area contributed by atoms with Gasteiger partial charge in [0, 0.05) is 19.3 Å². The molecule has 0 aromatic carbocycles. The largest absolute Gasteiger partial charge is 0.462 e.